The maximum absolute atomic E-state index is 12.7. The van der Waals surface area contributed by atoms with E-state index in [9.17, 15) is 26.7 Å². The van der Waals surface area contributed by atoms with Gasteiger partial charge in [-0.05, 0) is 29.8 Å². The summed E-state index contributed by atoms with van der Waals surface area (Å²) in [7, 11) is 0. The van der Waals surface area contributed by atoms with E-state index in [1.165, 1.54) is 42.5 Å². The minimum Gasteiger partial charge on any atom is -0.367 e. The van der Waals surface area contributed by atoms with Gasteiger partial charge in [-0.3, -0.25) is 4.79 Å². The zero-order chi connectivity index (χ0) is 20.0. The van der Waals surface area contributed by atoms with Crippen molar-refractivity contribution in [2.45, 2.75) is 23.4 Å². The lowest BCUT2D eigenvalue weighted by molar-refractivity contribution is -0.176. The van der Waals surface area contributed by atoms with Gasteiger partial charge < -0.3 is 10.1 Å². The van der Waals surface area contributed by atoms with E-state index in [1.54, 1.807) is 0 Å². The molecule has 3 nitrogen and oxygen atoms in total. The number of anilines is 1. The summed E-state index contributed by atoms with van der Waals surface area (Å²) < 4.78 is 66.0. The summed E-state index contributed by atoms with van der Waals surface area (Å²) in [5.74, 6) is -3.28. The Morgan fingerprint density at radius 2 is 1.81 bits per heavy atom. The van der Waals surface area contributed by atoms with Crippen molar-refractivity contribution in [1.82, 2.24) is 0 Å². The molecule has 10 heteroatoms. The number of rotatable bonds is 7. The fourth-order valence-electron chi connectivity index (χ4n) is 2.05. The molecule has 0 bridgehead atoms. The van der Waals surface area contributed by atoms with Crippen LogP contribution in [0.25, 0.3) is 0 Å². The first-order valence-corrected chi connectivity index (χ1v) is 8.69. The molecule has 0 heterocycles. The van der Waals surface area contributed by atoms with Crippen LogP contribution < -0.4 is 5.32 Å². The first-order valence-electron chi connectivity index (χ1n) is 7.44. The highest BCUT2D eigenvalue weighted by atomic mass is 35.5. The maximum atomic E-state index is 12.7. The van der Waals surface area contributed by atoms with Gasteiger partial charge in [0, 0.05) is 5.56 Å². The van der Waals surface area contributed by atoms with Gasteiger partial charge in [-0.1, -0.05) is 41.6 Å². The molecule has 0 aromatic heterocycles. The number of hydrogen-bond donors (Lipinski definition) is 1. The van der Waals surface area contributed by atoms with E-state index in [-0.39, 0.29) is 39.5 Å². The third-order valence-corrected chi connectivity index (χ3v) is 4.45. The summed E-state index contributed by atoms with van der Waals surface area (Å²) in [4.78, 5) is 12.3. The molecule has 2 aromatic carbocycles. The van der Waals surface area contributed by atoms with Gasteiger partial charge in [-0.2, -0.15) is 22.0 Å². The van der Waals surface area contributed by atoms with Crippen molar-refractivity contribution in [3.63, 3.8) is 0 Å². The van der Waals surface area contributed by atoms with E-state index in [4.69, 9.17) is 11.6 Å². The Bertz CT molecular complexity index is 784. The van der Waals surface area contributed by atoms with E-state index >= 15 is 0 Å². The average molecular weight is 426 g/mol. The normalized spacial score (nSPS) is 11.7. The van der Waals surface area contributed by atoms with Gasteiger partial charge in [-0.25, -0.2) is 0 Å². The predicted octanol–water partition coefficient (Wildman–Crippen LogP) is 5.99. The van der Waals surface area contributed by atoms with Gasteiger partial charge in [-0.15, -0.1) is 0 Å². The highest BCUT2D eigenvalue weighted by Gasteiger charge is 2.27. The highest BCUT2D eigenvalue weighted by Crippen LogP contribution is 2.37. The molecule has 0 aliphatic rings. The number of alkyl halides is 5. The third-order valence-electron chi connectivity index (χ3n) is 3.17. The Labute approximate surface area is 160 Å². The molecule has 0 saturated heterocycles. The maximum Gasteiger partial charge on any atom is 0.411 e. The van der Waals surface area contributed by atoms with Crippen LogP contribution in [-0.2, 0) is 11.3 Å². The second kappa shape index (κ2) is 9.38. The minimum atomic E-state index is -4.41. The van der Waals surface area contributed by atoms with Crippen LogP contribution in [-0.4, -0.2) is 24.4 Å². The Morgan fingerprint density at radius 3 is 2.41 bits per heavy atom. The Kier molecular flexibility index (Phi) is 7.46. The summed E-state index contributed by atoms with van der Waals surface area (Å²) in [6, 6.07) is 10.1. The molecule has 146 valence electrons. The number of carbonyl (C=O) groups is 1. The first-order chi connectivity index (χ1) is 12.7. The average Bonchev–Trinajstić information content (AvgIpc) is 2.57. The SMILES string of the molecule is O=C(Nc1cccc(Cl)c1SC(F)F)c1ccc(COCC(F)(F)F)cc1. The molecule has 2 rings (SSSR count). The van der Waals surface area contributed by atoms with Crippen molar-refractivity contribution < 1.29 is 31.5 Å². The second-order valence-electron chi connectivity index (χ2n) is 5.25. The molecule has 0 fully saturated rings. The van der Waals surface area contributed by atoms with E-state index in [0.29, 0.717) is 5.56 Å². The minimum absolute atomic E-state index is 0.0414. The van der Waals surface area contributed by atoms with Crippen LogP contribution >= 0.6 is 23.4 Å². The summed E-state index contributed by atoms with van der Waals surface area (Å²) in [6.45, 7) is -1.63. The molecule has 27 heavy (non-hydrogen) atoms. The van der Waals surface area contributed by atoms with Gasteiger partial charge in [0.15, 0.2) is 0 Å². The fourth-order valence-corrected chi connectivity index (χ4v) is 2.96. The number of hydrogen-bond acceptors (Lipinski definition) is 3. The molecular formula is C17H13ClF5NO2S. The van der Waals surface area contributed by atoms with E-state index in [2.05, 4.69) is 10.1 Å². The van der Waals surface area contributed by atoms with Crippen LogP contribution in [0.5, 0.6) is 0 Å². The number of ether oxygens (including phenoxy) is 1. The number of thioether (sulfide) groups is 1. The lowest BCUT2D eigenvalue weighted by Crippen LogP contribution is -2.16. The van der Waals surface area contributed by atoms with Crippen LogP contribution in [0.1, 0.15) is 15.9 Å². The molecule has 0 aliphatic carbocycles. The van der Waals surface area contributed by atoms with E-state index < -0.39 is 24.4 Å². The van der Waals surface area contributed by atoms with Crippen molar-refractivity contribution in [2.75, 3.05) is 11.9 Å². The van der Waals surface area contributed by atoms with Crippen molar-refractivity contribution in [3.8, 4) is 0 Å². The van der Waals surface area contributed by atoms with Gasteiger partial charge in [0.2, 0.25) is 0 Å². The molecular weight excluding hydrogens is 413 g/mol. The van der Waals surface area contributed by atoms with E-state index in [0.717, 1.165) is 0 Å². The molecule has 0 spiro atoms. The molecule has 1 amide bonds. The summed E-state index contributed by atoms with van der Waals surface area (Å²) in [6.07, 6.45) is -4.41. The van der Waals surface area contributed by atoms with Crippen LogP contribution in [0.15, 0.2) is 47.4 Å². The number of benzene rings is 2. The van der Waals surface area contributed by atoms with Crippen LogP contribution in [0.4, 0.5) is 27.6 Å². The number of nitrogens with one attached hydrogen (secondary N) is 1. The highest BCUT2D eigenvalue weighted by molar-refractivity contribution is 7.99. The van der Waals surface area contributed by atoms with Gasteiger partial charge in [0.05, 0.1) is 22.2 Å². The molecule has 0 radical (unpaired) electrons. The largest absolute Gasteiger partial charge is 0.411 e. The van der Waals surface area contributed by atoms with Crippen molar-refractivity contribution in [2.24, 2.45) is 0 Å². The van der Waals surface area contributed by atoms with Gasteiger partial charge >= 0.3 is 6.18 Å². The van der Waals surface area contributed by atoms with E-state index in [1.807, 2.05) is 0 Å². The zero-order valence-corrected chi connectivity index (χ0v) is 15.1. The molecule has 1 N–H and O–H groups in total. The Balaban J connectivity index is 2.03. The summed E-state index contributed by atoms with van der Waals surface area (Å²) in [5.41, 5.74) is 0.783. The third kappa shape index (κ3) is 7.00. The standard InChI is InChI=1S/C17H13ClF5NO2S/c18-12-2-1-3-13(14(12)27-16(19)20)24-15(25)11-6-4-10(5-7-11)8-26-9-17(21,22)23/h1-7,16H,8-9H2,(H,24,25). The molecule has 0 aliphatic heterocycles. The van der Waals surface area contributed by atoms with Crippen LogP contribution in [0.2, 0.25) is 5.02 Å². The topological polar surface area (TPSA) is 38.3 Å². The van der Waals surface area contributed by atoms with Gasteiger partial charge in [0.1, 0.15) is 6.61 Å². The number of amides is 1. The number of carbonyl (C=O) groups excluding carboxylic acids is 1. The number of halogens is 6. The zero-order valence-electron chi connectivity index (χ0n) is 13.5. The van der Waals surface area contributed by atoms with Gasteiger partial charge in [0.25, 0.3) is 11.7 Å². The Morgan fingerprint density at radius 1 is 1.15 bits per heavy atom. The monoisotopic (exact) mass is 425 g/mol. The van der Waals surface area contributed by atoms with Crippen molar-refractivity contribution >= 4 is 35.0 Å². The van der Waals surface area contributed by atoms with Crippen molar-refractivity contribution in [1.29, 1.82) is 0 Å². The predicted molar refractivity (Wildman–Crippen MR) is 93.4 cm³/mol. The van der Waals surface area contributed by atoms with Crippen LogP contribution in [0.3, 0.4) is 0 Å². The fraction of sp³-hybridized carbons (Fsp3) is 0.235. The Hall–Kier alpha value is -1.84. The molecule has 0 atom stereocenters. The lowest BCUT2D eigenvalue weighted by atomic mass is 10.1. The quantitative estimate of drug-likeness (QED) is 0.437. The smallest absolute Gasteiger partial charge is 0.367 e. The first kappa shape index (κ1) is 21.5. The van der Waals surface area contributed by atoms with Crippen LogP contribution in [0, 0.1) is 0 Å². The molecule has 0 unspecified atom stereocenters. The second-order valence-corrected chi connectivity index (χ2v) is 6.66. The van der Waals surface area contributed by atoms with Crippen molar-refractivity contribution in [3.05, 3.63) is 58.6 Å². The molecule has 0 saturated carbocycles. The lowest BCUT2D eigenvalue weighted by Gasteiger charge is -2.12. The summed E-state index contributed by atoms with van der Waals surface area (Å²) in [5, 5.41) is 2.58. The molecule has 2 aromatic rings. The summed E-state index contributed by atoms with van der Waals surface area (Å²) >= 11 is 6.12.